The zero-order chi connectivity index (χ0) is 35.1. The highest BCUT2D eigenvalue weighted by Gasteiger charge is 2.27. The van der Waals surface area contributed by atoms with E-state index in [1.54, 1.807) is 19.1 Å². The molecule has 0 bridgehead atoms. The molecule has 1 heterocycles. The molecule has 0 saturated carbocycles. The lowest BCUT2D eigenvalue weighted by Crippen LogP contribution is -2.23. The number of hydrogen-bond acceptors (Lipinski definition) is 8. The molecule has 9 nitrogen and oxygen atoms in total. The fourth-order valence-electron chi connectivity index (χ4n) is 5.24. The Balaban J connectivity index is 1.42. The number of nitrogens with zero attached hydrogens (tertiary/aromatic N) is 1. The predicted octanol–water partition coefficient (Wildman–Crippen LogP) is 9.07. The van der Waals surface area contributed by atoms with Crippen molar-refractivity contribution in [2.24, 2.45) is 0 Å². The number of unbranched alkanes of at least 4 members (excludes halogenated alkanes) is 2. The topological polar surface area (TPSA) is 109 Å². The summed E-state index contributed by atoms with van der Waals surface area (Å²) in [7, 11) is 0. The number of amides is 1. The highest BCUT2D eigenvalue weighted by Crippen LogP contribution is 2.44. The molecule has 1 N–H and O–H groups in total. The third-order valence-corrected chi connectivity index (χ3v) is 8.04. The number of ether oxygens (including phenoxy) is 4. The molecule has 0 unspecified atom stereocenters. The first-order valence-corrected chi connectivity index (χ1v) is 17.2. The van der Waals surface area contributed by atoms with E-state index in [1.165, 1.54) is 0 Å². The van der Waals surface area contributed by atoms with E-state index >= 15 is 0 Å². The first-order chi connectivity index (χ1) is 24.5. The van der Waals surface area contributed by atoms with Crippen molar-refractivity contribution >= 4 is 23.5 Å². The zero-order valence-corrected chi connectivity index (χ0v) is 29.0. The van der Waals surface area contributed by atoms with Gasteiger partial charge in [-0.1, -0.05) is 89.6 Å². The number of rotatable bonds is 18. The molecule has 0 aliphatic carbocycles. The van der Waals surface area contributed by atoms with E-state index in [-0.39, 0.29) is 24.2 Å². The van der Waals surface area contributed by atoms with Crippen LogP contribution in [0.5, 0.6) is 17.2 Å². The Kier molecular flexibility index (Phi) is 13.3. The molecule has 0 aliphatic rings. The molecule has 4 aromatic carbocycles. The highest BCUT2D eigenvalue weighted by molar-refractivity contribution is 6.32. The van der Waals surface area contributed by atoms with Gasteiger partial charge in [0.1, 0.15) is 30.5 Å². The molecule has 10 heteroatoms. The summed E-state index contributed by atoms with van der Waals surface area (Å²) in [6, 6.07) is 30.4. The second kappa shape index (κ2) is 18.5. The molecular formula is C40H41ClN2O7. The number of carbonyl (C=O) groups excluding carboxylic acids is 2. The lowest BCUT2D eigenvalue weighted by Gasteiger charge is -2.16. The van der Waals surface area contributed by atoms with E-state index in [0.717, 1.165) is 30.4 Å². The van der Waals surface area contributed by atoms with Crippen molar-refractivity contribution in [1.29, 1.82) is 0 Å². The Morgan fingerprint density at radius 1 is 0.780 bits per heavy atom. The Morgan fingerprint density at radius 3 is 2.08 bits per heavy atom. The van der Waals surface area contributed by atoms with Gasteiger partial charge >= 0.3 is 5.97 Å². The van der Waals surface area contributed by atoms with E-state index in [2.05, 4.69) is 10.5 Å². The van der Waals surface area contributed by atoms with Crippen molar-refractivity contribution in [2.45, 2.75) is 52.7 Å². The lowest BCUT2D eigenvalue weighted by atomic mass is 9.98. The van der Waals surface area contributed by atoms with Crippen LogP contribution in [-0.2, 0) is 22.7 Å². The first-order valence-electron chi connectivity index (χ1n) is 16.8. The molecule has 1 aromatic heterocycles. The standard InChI is InChI=1S/C40H41ClN2O7/c1-3-42-40(45)38-37(30-19-21-31(22-20-30)47-23-13-7-12-18-36(44)46-4-2)39(50-43-38)32-24-33(41)35(49-27-29-16-10-6-11-17-29)25-34(32)48-26-28-14-8-5-9-15-28/h5-6,8-11,14-17,19-22,24-25H,3-4,7,12-13,18,23,26-27H2,1-2H3,(H,42,45). The van der Waals surface area contributed by atoms with Crippen molar-refractivity contribution in [3.8, 4) is 39.7 Å². The lowest BCUT2D eigenvalue weighted by molar-refractivity contribution is -0.143. The van der Waals surface area contributed by atoms with Crippen molar-refractivity contribution in [2.75, 3.05) is 19.8 Å². The minimum atomic E-state index is -0.374. The number of halogens is 1. The average molecular weight is 697 g/mol. The smallest absolute Gasteiger partial charge is 0.305 e. The van der Waals surface area contributed by atoms with Crippen LogP contribution in [0.3, 0.4) is 0 Å². The van der Waals surface area contributed by atoms with Gasteiger partial charge in [0, 0.05) is 19.0 Å². The van der Waals surface area contributed by atoms with Crippen molar-refractivity contribution in [3.63, 3.8) is 0 Å². The predicted molar refractivity (Wildman–Crippen MR) is 193 cm³/mol. The van der Waals surface area contributed by atoms with E-state index in [0.29, 0.717) is 77.5 Å². The van der Waals surface area contributed by atoms with Gasteiger partial charge in [-0.05, 0) is 68.0 Å². The fraction of sp³-hybridized carbons (Fsp3) is 0.275. The normalized spacial score (nSPS) is 10.8. The summed E-state index contributed by atoms with van der Waals surface area (Å²) in [5, 5.41) is 7.39. The van der Waals surface area contributed by atoms with Crippen LogP contribution < -0.4 is 19.5 Å². The Morgan fingerprint density at radius 2 is 1.44 bits per heavy atom. The molecule has 5 aromatic rings. The molecule has 0 radical (unpaired) electrons. The van der Waals surface area contributed by atoms with Crippen LogP contribution in [0.2, 0.25) is 5.02 Å². The average Bonchev–Trinajstić information content (AvgIpc) is 3.58. The van der Waals surface area contributed by atoms with Gasteiger partial charge in [0.05, 0.1) is 29.4 Å². The number of nitrogens with one attached hydrogen (secondary N) is 1. The molecule has 260 valence electrons. The Bertz CT molecular complexity index is 1830. The van der Waals surface area contributed by atoms with Crippen molar-refractivity contribution < 1.29 is 33.1 Å². The number of hydrogen-bond donors (Lipinski definition) is 1. The zero-order valence-electron chi connectivity index (χ0n) is 28.3. The van der Waals surface area contributed by atoms with Gasteiger partial charge in [0.2, 0.25) is 0 Å². The molecule has 1 amide bonds. The summed E-state index contributed by atoms with van der Waals surface area (Å²) in [5.74, 6) is 1.33. The van der Waals surface area contributed by atoms with Crippen molar-refractivity contribution in [1.82, 2.24) is 10.5 Å². The summed E-state index contributed by atoms with van der Waals surface area (Å²) in [5.41, 5.74) is 3.78. The van der Waals surface area contributed by atoms with Gasteiger partial charge in [-0.2, -0.15) is 0 Å². The van der Waals surface area contributed by atoms with Gasteiger partial charge in [-0.25, -0.2) is 0 Å². The maximum absolute atomic E-state index is 13.2. The minimum Gasteiger partial charge on any atom is -0.494 e. The molecule has 0 spiro atoms. The number of carbonyl (C=O) groups is 2. The molecule has 0 aliphatic heterocycles. The van der Waals surface area contributed by atoms with Gasteiger partial charge < -0.3 is 28.8 Å². The second-order valence-corrected chi connectivity index (χ2v) is 11.8. The van der Waals surface area contributed by atoms with Crippen LogP contribution in [0.4, 0.5) is 0 Å². The number of benzene rings is 4. The summed E-state index contributed by atoms with van der Waals surface area (Å²) in [6.07, 6.45) is 2.81. The number of aromatic nitrogens is 1. The molecular weight excluding hydrogens is 656 g/mol. The van der Waals surface area contributed by atoms with Gasteiger partial charge in [0.25, 0.3) is 5.91 Å². The van der Waals surface area contributed by atoms with Crippen molar-refractivity contribution in [3.05, 3.63) is 119 Å². The molecule has 0 fully saturated rings. The van der Waals surface area contributed by atoms with Gasteiger partial charge in [-0.3, -0.25) is 9.59 Å². The fourth-order valence-corrected chi connectivity index (χ4v) is 5.46. The van der Waals surface area contributed by atoms with E-state index in [9.17, 15) is 9.59 Å². The van der Waals surface area contributed by atoms with E-state index in [1.807, 2.05) is 91.9 Å². The third kappa shape index (κ3) is 9.89. The Hall–Kier alpha value is -5.28. The van der Waals surface area contributed by atoms with Crippen LogP contribution >= 0.6 is 11.6 Å². The third-order valence-electron chi connectivity index (χ3n) is 7.74. The maximum Gasteiger partial charge on any atom is 0.305 e. The van der Waals surface area contributed by atoms with Gasteiger partial charge in [0.15, 0.2) is 11.5 Å². The first kappa shape index (κ1) is 36.0. The van der Waals surface area contributed by atoms with Crippen LogP contribution in [0, 0.1) is 0 Å². The van der Waals surface area contributed by atoms with Gasteiger partial charge in [-0.15, -0.1) is 0 Å². The van der Waals surface area contributed by atoms with E-state index in [4.69, 9.17) is 35.1 Å². The molecule has 50 heavy (non-hydrogen) atoms. The minimum absolute atomic E-state index is 0.131. The summed E-state index contributed by atoms with van der Waals surface area (Å²) < 4.78 is 29.4. The maximum atomic E-state index is 13.2. The summed E-state index contributed by atoms with van der Waals surface area (Å²) >= 11 is 6.82. The monoisotopic (exact) mass is 696 g/mol. The quantitative estimate of drug-likeness (QED) is 0.0714. The van der Waals surface area contributed by atoms with E-state index < -0.39 is 0 Å². The number of esters is 1. The van der Waals surface area contributed by atoms with Crippen LogP contribution in [0.25, 0.3) is 22.5 Å². The van der Waals surface area contributed by atoms with Crippen LogP contribution in [0.1, 0.15) is 61.1 Å². The molecule has 0 saturated heterocycles. The second-order valence-electron chi connectivity index (χ2n) is 11.4. The summed E-state index contributed by atoms with van der Waals surface area (Å²) in [4.78, 5) is 24.8. The molecule has 0 atom stereocenters. The van der Waals surface area contributed by atoms with Crippen LogP contribution in [0.15, 0.2) is 102 Å². The largest absolute Gasteiger partial charge is 0.494 e. The SMILES string of the molecule is CCNC(=O)c1noc(-c2cc(Cl)c(OCc3ccccc3)cc2OCc2ccccc2)c1-c1ccc(OCCCCCC(=O)OCC)cc1. The van der Waals surface area contributed by atoms with Crippen LogP contribution in [-0.4, -0.2) is 36.8 Å². The molecule has 5 rings (SSSR count). The highest BCUT2D eigenvalue weighted by atomic mass is 35.5. The Labute approximate surface area is 297 Å². The summed E-state index contributed by atoms with van der Waals surface area (Å²) in [6.45, 7) is 5.54.